The predicted octanol–water partition coefficient (Wildman–Crippen LogP) is 3.62. The van der Waals surface area contributed by atoms with Crippen molar-refractivity contribution < 1.29 is 5.11 Å². The fraction of sp³-hybridized carbons (Fsp3) is 0.429. The third kappa shape index (κ3) is 2.31. The lowest BCUT2D eigenvalue weighted by molar-refractivity contribution is 0.0615. The van der Waals surface area contributed by atoms with Crippen LogP contribution in [0.4, 0.5) is 5.69 Å². The van der Waals surface area contributed by atoms with Gasteiger partial charge in [-0.15, -0.1) is 11.3 Å². The number of benzene rings is 1. The van der Waals surface area contributed by atoms with Gasteiger partial charge in [-0.1, -0.05) is 12.8 Å². The zero-order valence-corrected chi connectivity index (χ0v) is 10.6. The zero-order chi connectivity index (χ0) is 11.7. The SMILES string of the molecule is OC1(CNc2ccc3sccc3c2)CCCC1. The Hall–Kier alpha value is -1.06. The highest BCUT2D eigenvalue weighted by Gasteiger charge is 2.30. The molecule has 0 radical (unpaired) electrons. The Morgan fingerprint density at radius 1 is 1.24 bits per heavy atom. The Balaban J connectivity index is 1.71. The van der Waals surface area contributed by atoms with E-state index in [1.54, 1.807) is 11.3 Å². The van der Waals surface area contributed by atoms with Crippen molar-refractivity contribution in [1.29, 1.82) is 0 Å². The molecule has 0 amide bonds. The molecule has 0 atom stereocenters. The summed E-state index contributed by atoms with van der Waals surface area (Å²) in [5.74, 6) is 0. The lowest BCUT2D eigenvalue weighted by Gasteiger charge is -2.23. The second-order valence-corrected chi connectivity index (χ2v) is 5.91. The summed E-state index contributed by atoms with van der Waals surface area (Å²) < 4.78 is 1.31. The zero-order valence-electron chi connectivity index (χ0n) is 9.78. The van der Waals surface area contributed by atoms with Gasteiger partial charge in [-0.3, -0.25) is 0 Å². The second-order valence-electron chi connectivity index (χ2n) is 4.96. The minimum atomic E-state index is -0.483. The molecule has 1 fully saturated rings. The molecule has 0 unspecified atom stereocenters. The fourth-order valence-electron chi connectivity index (χ4n) is 2.55. The van der Waals surface area contributed by atoms with Crippen molar-refractivity contribution in [2.45, 2.75) is 31.3 Å². The summed E-state index contributed by atoms with van der Waals surface area (Å²) in [6, 6.07) is 8.53. The average Bonchev–Trinajstić information content (AvgIpc) is 2.95. The summed E-state index contributed by atoms with van der Waals surface area (Å²) in [5, 5.41) is 17.0. The Bertz CT molecular complexity index is 514. The molecule has 1 aromatic carbocycles. The highest BCUT2D eigenvalue weighted by molar-refractivity contribution is 7.17. The van der Waals surface area contributed by atoms with E-state index in [2.05, 4.69) is 35.0 Å². The highest BCUT2D eigenvalue weighted by Crippen LogP contribution is 2.30. The summed E-state index contributed by atoms with van der Waals surface area (Å²) in [6.07, 6.45) is 4.17. The Kier molecular flexibility index (Phi) is 2.81. The van der Waals surface area contributed by atoms with Crippen LogP contribution in [0.15, 0.2) is 29.6 Å². The summed E-state index contributed by atoms with van der Waals surface area (Å²) in [6.45, 7) is 0.669. The Morgan fingerprint density at radius 3 is 2.88 bits per heavy atom. The normalized spacial score (nSPS) is 18.6. The van der Waals surface area contributed by atoms with Crippen LogP contribution < -0.4 is 5.32 Å². The highest BCUT2D eigenvalue weighted by atomic mass is 32.1. The van der Waals surface area contributed by atoms with Gasteiger partial charge in [0.05, 0.1) is 5.60 Å². The van der Waals surface area contributed by atoms with Crippen LogP contribution >= 0.6 is 11.3 Å². The van der Waals surface area contributed by atoms with E-state index in [0.717, 1.165) is 31.4 Å². The van der Waals surface area contributed by atoms with E-state index in [-0.39, 0.29) is 0 Å². The molecule has 2 N–H and O–H groups in total. The van der Waals surface area contributed by atoms with Gasteiger partial charge >= 0.3 is 0 Å². The molecule has 0 spiro atoms. The lowest BCUT2D eigenvalue weighted by Crippen LogP contribution is -2.33. The van der Waals surface area contributed by atoms with E-state index in [0.29, 0.717) is 6.54 Å². The third-order valence-electron chi connectivity index (χ3n) is 3.61. The summed E-state index contributed by atoms with van der Waals surface area (Å²) >= 11 is 1.76. The van der Waals surface area contributed by atoms with Crippen molar-refractivity contribution in [3.63, 3.8) is 0 Å². The predicted molar refractivity (Wildman–Crippen MR) is 73.7 cm³/mol. The van der Waals surface area contributed by atoms with E-state index >= 15 is 0 Å². The molecule has 17 heavy (non-hydrogen) atoms. The smallest absolute Gasteiger partial charge is 0.0819 e. The van der Waals surface area contributed by atoms with Gasteiger partial charge < -0.3 is 10.4 Å². The van der Waals surface area contributed by atoms with Crippen LogP contribution in [-0.2, 0) is 0 Å². The molecule has 1 heterocycles. The topological polar surface area (TPSA) is 32.3 Å². The first-order chi connectivity index (χ1) is 8.25. The summed E-state index contributed by atoms with van der Waals surface area (Å²) in [5.41, 5.74) is 0.625. The standard InChI is InChI=1S/C14H17NOS/c16-14(6-1-2-7-14)10-15-12-3-4-13-11(9-12)5-8-17-13/h3-5,8-9,15-16H,1-2,6-7,10H2. The minimum absolute atomic E-state index is 0.483. The van der Waals surface area contributed by atoms with Gasteiger partial charge in [0.25, 0.3) is 0 Å². The van der Waals surface area contributed by atoms with Crippen molar-refractivity contribution >= 4 is 27.1 Å². The molecule has 0 saturated heterocycles. The van der Waals surface area contributed by atoms with Gasteiger partial charge in [0.1, 0.15) is 0 Å². The molecular weight excluding hydrogens is 230 g/mol. The molecule has 2 nitrogen and oxygen atoms in total. The molecule has 0 bridgehead atoms. The van der Waals surface area contributed by atoms with Crippen LogP contribution in [0.2, 0.25) is 0 Å². The van der Waals surface area contributed by atoms with Crippen LogP contribution in [0, 0.1) is 0 Å². The molecule has 2 aromatic rings. The van der Waals surface area contributed by atoms with Crippen LogP contribution in [-0.4, -0.2) is 17.3 Å². The maximum atomic E-state index is 10.3. The number of rotatable bonds is 3. The van der Waals surface area contributed by atoms with E-state index in [9.17, 15) is 5.11 Å². The monoisotopic (exact) mass is 247 g/mol. The molecule has 1 aliphatic rings. The molecular formula is C14H17NOS. The van der Waals surface area contributed by atoms with E-state index in [1.807, 2.05) is 0 Å². The second kappa shape index (κ2) is 4.31. The molecule has 3 rings (SSSR count). The molecule has 1 aliphatic carbocycles. The fourth-order valence-corrected chi connectivity index (χ4v) is 3.32. The lowest BCUT2D eigenvalue weighted by atomic mass is 10.0. The van der Waals surface area contributed by atoms with E-state index < -0.39 is 5.60 Å². The number of nitrogens with one attached hydrogen (secondary N) is 1. The van der Waals surface area contributed by atoms with Crippen molar-refractivity contribution in [1.82, 2.24) is 0 Å². The minimum Gasteiger partial charge on any atom is -0.388 e. The number of anilines is 1. The Labute approximate surface area is 105 Å². The molecule has 90 valence electrons. The first-order valence-electron chi connectivity index (χ1n) is 6.19. The average molecular weight is 247 g/mol. The number of hydrogen-bond acceptors (Lipinski definition) is 3. The molecule has 0 aliphatic heterocycles. The maximum Gasteiger partial charge on any atom is 0.0819 e. The van der Waals surface area contributed by atoms with Crippen molar-refractivity contribution in [3.05, 3.63) is 29.6 Å². The van der Waals surface area contributed by atoms with Crippen LogP contribution in [0.1, 0.15) is 25.7 Å². The van der Waals surface area contributed by atoms with Crippen molar-refractivity contribution in [3.8, 4) is 0 Å². The molecule has 3 heteroatoms. The van der Waals surface area contributed by atoms with Crippen molar-refractivity contribution in [2.75, 3.05) is 11.9 Å². The number of thiophene rings is 1. The van der Waals surface area contributed by atoms with Gasteiger partial charge in [-0.05, 0) is 47.9 Å². The van der Waals surface area contributed by atoms with Gasteiger partial charge in [0.2, 0.25) is 0 Å². The van der Waals surface area contributed by atoms with E-state index in [1.165, 1.54) is 10.1 Å². The Morgan fingerprint density at radius 2 is 2.06 bits per heavy atom. The van der Waals surface area contributed by atoms with Crippen LogP contribution in [0.25, 0.3) is 10.1 Å². The van der Waals surface area contributed by atoms with E-state index in [4.69, 9.17) is 0 Å². The largest absolute Gasteiger partial charge is 0.388 e. The van der Waals surface area contributed by atoms with Gasteiger partial charge in [-0.25, -0.2) is 0 Å². The van der Waals surface area contributed by atoms with Gasteiger partial charge in [0, 0.05) is 16.9 Å². The molecule has 1 saturated carbocycles. The number of hydrogen-bond donors (Lipinski definition) is 2. The number of fused-ring (bicyclic) bond motifs is 1. The van der Waals surface area contributed by atoms with Crippen LogP contribution in [0.5, 0.6) is 0 Å². The molecule has 1 aromatic heterocycles. The van der Waals surface area contributed by atoms with Gasteiger partial charge in [-0.2, -0.15) is 0 Å². The maximum absolute atomic E-state index is 10.3. The third-order valence-corrected chi connectivity index (χ3v) is 4.51. The number of aliphatic hydroxyl groups is 1. The van der Waals surface area contributed by atoms with Crippen LogP contribution in [0.3, 0.4) is 0 Å². The summed E-state index contributed by atoms with van der Waals surface area (Å²) in [7, 11) is 0. The summed E-state index contributed by atoms with van der Waals surface area (Å²) in [4.78, 5) is 0. The van der Waals surface area contributed by atoms with Crippen molar-refractivity contribution in [2.24, 2.45) is 0 Å². The first kappa shape index (κ1) is 11.1. The van der Waals surface area contributed by atoms with Gasteiger partial charge in [0.15, 0.2) is 0 Å². The quantitative estimate of drug-likeness (QED) is 0.868. The first-order valence-corrected chi connectivity index (χ1v) is 7.07.